The minimum absolute atomic E-state index is 0.172. The van der Waals surface area contributed by atoms with E-state index in [1.165, 1.54) is 0 Å². The Balaban J connectivity index is 1.47. The van der Waals surface area contributed by atoms with Crippen molar-refractivity contribution in [1.29, 1.82) is 5.26 Å². The highest BCUT2D eigenvalue weighted by molar-refractivity contribution is 7.18. The maximum absolute atomic E-state index is 13.2. The monoisotopic (exact) mass is 496 g/mol. The number of rotatable bonds is 6. The minimum Gasteiger partial charge on any atom is -0.383 e. The van der Waals surface area contributed by atoms with Crippen LogP contribution in [0.15, 0.2) is 29.8 Å². The van der Waals surface area contributed by atoms with Crippen LogP contribution in [0.5, 0.6) is 0 Å². The van der Waals surface area contributed by atoms with Crippen LogP contribution in [0.1, 0.15) is 53.7 Å². The second kappa shape index (κ2) is 10.3. The number of nitrogens with zero attached hydrogens (tertiary/aromatic N) is 4. The molecular weight excluding hydrogens is 468 g/mol. The Hall–Kier alpha value is -2.66. The molecule has 6 nitrogen and oxygen atoms in total. The Morgan fingerprint density at radius 2 is 2.09 bits per heavy atom. The first-order valence-corrected chi connectivity index (χ1v) is 12.7. The van der Waals surface area contributed by atoms with Gasteiger partial charge in [-0.3, -0.25) is 4.79 Å². The number of thiazole rings is 1. The SMILES string of the molecule is COCC(C)n1c(C)cc(/C=C(\C#N)C(=O)N2CCC(c3nc4cc(Cl)ccc4s3)CC2)c1C. The van der Waals surface area contributed by atoms with Crippen LogP contribution in [-0.4, -0.2) is 47.2 Å². The molecule has 8 heteroatoms. The van der Waals surface area contributed by atoms with E-state index < -0.39 is 0 Å². The number of halogens is 1. The van der Waals surface area contributed by atoms with Gasteiger partial charge in [-0.1, -0.05) is 11.6 Å². The summed E-state index contributed by atoms with van der Waals surface area (Å²) in [6.07, 6.45) is 3.40. The molecular formula is C26H29ClN4O2S. The number of methoxy groups -OCH3 is 1. The largest absolute Gasteiger partial charge is 0.383 e. The molecule has 1 unspecified atom stereocenters. The molecule has 0 spiro atoms. The fourth-order valence-electron chi connectivity index (χ4n) is 4.83. The summed E-state index contributed by atoms with van der Waals surface area (Å²) in [5.74, 6) is 0.114. The number of amides is 1. The number of ether oxygens (including phenoxy) is 1. The fraction of sp³-hybridized carbons (Fsp3) is 0.423. The lowest BCUT2D eigenvalue weighted by Crippen LogP contribution is -2.38. The summed E-state index contributed by atoms with van der Waals surface area (Å²) in [6, 6.07) is 10.1. The molecule has 0 aliphatic carbocycles. The van der Waals surface area contributed by atoms with Crippen LogP contribution in [-0.2, 0) is 9.53 Å². The fourth-order valence-corrected chi connectivity index (χ4v) is 6.12. The van der Waals surface area contributed by atoms with E-state index >= 15 is 0 Å². The van der Waals surface area contributed by atoms with Crippen LogP contribution < -0.4 is 0 Å². The molecule has 3 heterocycles. The van der Waals surface area contributed by atoms with Crippen molar-refractivity contribution < 1.29 is 9.53 Å². The van der Waals surface area contributed by atoms with E-state index in [2.05, 4.69) is 17.6 Å². The van der Waals surface area contributed by atoms with Crippen molar-refractivity contribution in [2.75, 3.05) is 26.8 Å². The molecule has 4 rings (SSSR count). The predicted octanol–water partition coefficient (Wildman–Crippen LogP) is 5.89. The Morgan fingerprint density at radius 3 is 2.76 bits per heavy atom. The average Bonchev–Trinajstić information content (AvgIpc) is 3.36. The number of fused-ring (bicyclic) bond motifs is 1. The number of aromatic nitrogens is 2. The normalized spacial score (nSPS) is 16.1. The lowest BCUT2D eigenvalue weighted by Gasteiger charge is -2.31. The topological polar surface area (TPSA) is 71.2 Å². The number of piperidine rings is 1. The molecule has 1 aliphatic heterocycles. The second-order valence-electron chi connectivity index (χ2n) is 8.90. The van der Waals surface area contributed by atoms with Crippen molar-refractivity contribution in [2.24, 2.45) is 0 Å². The van der Waals surface area contributed by atoms with Crippen LogP contribution >= 0.6 is 22.9 Å². The molecule has 2 aromatic heterocycles. The van der Waals surface area contributed by atoms with Gasteiger partial charge in [-0.2, -0.15) is 5.26 Å². The third-order valence-corrected chi connectivity index (χ3v) is 7.95. The smallest absolute Gasteiger partial charge is 0.264 e. The Morgan fingerprint density at radius 1 is 1.35 bits per heavy atom. The minimum atomic E-state index is -0.202. The summed E-state index contributed by atoms with van der Waals surface area (Å²) < 4.78 is 8.62. The molecule has 1 atom stereocenters. The van der Waals surface area contributed by atoms with Crippen LogP contribution in [0.25, 0.3) is 16.3 Å². The number of hydrogen-bond acceptors (Lipinski definition) is 5. The molecule has 1 aromatic carbocycles. The average molecular weight is 497 g/mol. The maximum atomic E-state index is 13.2. The molecule has 0 radical (unpaired) electrons. The lowest BCUT2D eigenvalue weighted by atomic mass is 9.97. The van der Waals surface area contributed by atoms with Crippen LogP contribution in [0.2, 0.25) is 5.02 Å². The molecule has 1 fully saturated rings. The summed E-state index contributed by atoms with van der Waals surface area (Å²) in [5.41, 5.74) is 4.10. The molecule has 34 heavy (non-hydrogen) atoms. The highest BCUT2D eigenvalue weighted by Crippen LogP contribution is 2.35. The molecule has 0 bridgehead atoms. The van der Waals surface area contributed by atoms with Gasteiger partial charge in [-0.15, -0.1) is 11.3 Å². The number of benzene rings is 1. The zero-order chi connectivity index (χ0) is 24.4. The molecule has 178 valence electrons. The maximum Gasteiger partial charge on any atom is 0.264 e. The van der Waals surface area contributed by atoms with Gasteiger partial charge in [0.2, 0.25) is 0 Å². The predicted molar refractivity (Wildman–Crippen MR) is 137 cm³/mol. The van der Waals surface area contributed by atoms with Crippen molar-refractivity contribution in [2.45, 2.75) is 45.6 Å². The first-order chi connectivity index (χ1) is 16.3. The molecule has 1 aliphatic rings. The van der Waals surface area contributed by atoms with E-state index in [-0.39, 0.29) is 17.5 Å². The van der Waals surface area contributed by atoms with Gasteiger partial charge in [0.25, 0.3) is 5.91 Å². The van der Waals surface area contributed by atoms with Gasteiger partial charge >= 0.3 is 0 Å². The van der Waals surface area contributed by atoms with E-state index in [9.17, 15) is 10.1 Å². The van der Waals surface area contributed by atoms with E-state index in [0.29, 0.717) is 30.6 Å². The van der Waals surface area contributed by atoms with Crippen molar-refractivity contribution in [1.82, 2.24) is 14.5 Å². The van der Waals surface area contributed by atoms with Gasteiger partial charge in [-0.05, 0) is 69.5 Å². The number of carbonyl (C=O) groups excluding carboxylic acids is 1. The van der Waals surface area contributed by atoms with Crippen molar-refractivity contribution in [3.05, 3.63) is 56.8 Å². The van der Waals surface area contributed by atoms with E-state index in [1.54, 1.807) is 29.4 Å². The third kappa shape index (κ3) is 4.90. The third-order valence-electron chi connectivity index (χ3n) is 6.52. The summed E-state index contributed by atoms with van der Waals surface area (Å²) in [7, 11) is 1.69. The van der Waals surface area contributed by atoms with Crippen molar-refractivity contribution in [3.8, 4) is 6.07 Å². The number of likely N-dealkylation sites (tertiary alicyclic amines) is 1. The number of carbonyl (C=O) groups is 1. The van der Waals surface area contributed by atoms with Crippen LogP contribution in [0.3, 0.4) is 0 Å². The standard InChI is InChI=1S/C26H29ClN4O2S/c1-16-11-20(18(3)31(16)17(2)15-33-4)12-21(14-28)26(32)30-9-7-19(8-10-30)25-29-23-13-22(27)5-6-24(23)34-25/h5-6,11-13,17,19H,7-10,15H2,1-4H3/b21-12+. The van der Waals surface area contributed by atoms with Crippen molar-refractivity contribution in [3.63, 3.8) is 0 Å². The van der Waals surface area contributed by atoms with Gasteiger partial charge in [0.15, 0.2) is 0 Å². The summed E-state index contributed by atoms with van der Waals surface area (Å²) in [5, 5.41) is 11.6. The molecule has 0 saturated carbocycles. The van der Waals surface area contributed by atoms with E-state index in [0.717, 1.165) is 45.0 Å². The van der Waals surface area contributed by atoms with Crippen molar-refractivity contribution >= 4 is 45.1 Å². The molecule has 1 amide bonds. The highest BCUT2D eigenvalue weighted by Gasteiger charge is 2.28. The Bertz CT molecular complexity index is 1280. The quantitative estimate of drug-likeness (QED) is 0.315. The van der Waals surface area contributed by atoms with E-state index in [4.69, 9.17) is 21.3 Å². The highest BCUT2D eigenvalue weighted by atomic mass is 35.5. The van der Waals surface area contributed by atoms with Crippen LogP contribution in [0.4, 0.5) is 0 Å². The zero-order valence-corrected chi connectivity index (χ0v) is 21.5. The van der Waals surface area contributed by atoms with Gasteiger partial charge in [0.1, 0.15) is 11.6 Å². The molecule has 0 N–H and O–H groups in total. The Kier molecular flexibility index (Phi) is 7.42. The first-order valence-electron chi connectivity index (χ1n) is 11.5. The van der Waals surface area contributed by atoms with E-state index in [1.807, 2.05) is 38.1 Å². The summed E-state index contributed by atoms with van der Waals surface area (Å²) >= 11 is 7.80. The van der Waals surface area contributed by atoms with Gasteiger partial charge in [-0.25, -0.2) is 4.98 Å². The second-order valence-corrected chi connectivity index (χ2v) is 10.4. The number of hydrogen-bond donors (Lipinski definition) is 0. The van der Waals surface area contributed by atoms with Gasteiger partial charge in [0, 0.05) is 42.5 Å². The Labute approximate surface area is 209 Å². The number of aryl methyl sites for hydroxylation is 1. The first kappa shape index (κ1) is 24.5. The number of nitriles is 1. The summed E-state index contributed by atoms with van der Waals surface area (Å²) in [6.45, 7) is 7.97. The lowest BCUT2D eigenvalue weighted by molar-refractivity contribution is -0.127. The van der Waals surface area contributed by atoms with Gasteiger partial charge in [0.05, 0.1) is 27.9 Å². The van der Waals surface area contributed by atoms with Gasteiger partial charge < -0.3 is 14.2 Å². The zero-order valence-electron chi connectivity index (χ0n) is 20.0. The van der Waals surface area contributed by atoms with Crippen LogP contribution in [0, 0.1) is 25.2 Å². The molecule has 1 saturated heterocycles. The summed E-state index contributed by atoms with van der Waals surface area (Å²) in [4.78, 5) is 19.7. The molecule has 3 aromatic rings.